The van der Waals surface area contributed by atoms with Gasteiger partial charge in [-0.2, -0.15) is 0 Å². The lowest BCUT2D eigenvalue weighted by molar-refractivity contribution is -0.121. The van der Waals surface area contributed by atoms with Gasteiger partial charge in [-0.25, -0.2) is 8.42 Å². The Morgan fingerprint density at radius 1 is 1.00 bits per heavy atom. The van der Waals surface area contributed by atoms with E-state index in [1.54, 1.807) is 41.1 Å². The Morgan fingerprint density at radius 3 is 2.00 bits per heavy atom. The molecule has 2 aromatic rings. The van der Waals surface area contributed by atoms with Gasteiger partial charge < -0.3 is 4.74 Å². The number of halogens is 1. The van der Waals surface area contributed by atoms with Crippen molar-refractivity contribution in [2.75, 3.05) is 12.9 Å². The van der Waals surface area contributed by atoms with Gasteiger partial charge in [-0.3, -0.25) is 14.3 Å². The topological polar surface area (TPSA) is 89.5 Å². The highest BCUT2D eigenvalue weighted by Gasteiger charge is 2.11. The lowest BCUT2D eigenvalue weighted by Gasteiger charge is -2.07. The molecule has 126 valence electrons. The fraction of sp³-hybridized carbons (Fsp3) is 0.125. The summed E-state index contributed by atoms with van der Waals surface area (Å²) in [5.41, 5.74) is 0.950. The highest BCUT2D eigenvalue weighted by Crippen LogP contribution is 2.17. The zero-order valence-electron chi connectivity index (χ0n) is 12.7. The molecule has 0 bridgehead atoms. The maximum atomic E-state index is 12.3. The summed E-state index contributed by atoms with van der Waals surface area (Å²) in [6.45, 7) is -0.447. The zero-order valence-corrected chi connectivity index (χ0v) is 14.2. The summed E-state index contributed by atoms with van der Waals surface area (Å²) >= 11 is 5.79. The average Bonchev–Trinajstić information content (AvgIpc) is 2.52. The number of hydrogen-bond donors (Lipinski definition) is 1. The first-order chi connectivity index (χ1) is 11.2. The van der Waals surface area contributed by atoms with Gasteiger partial charge in [-0.15, -0.1) is 0 Å². The van der Waals surface area contributed by atoms with Crippen LogP contribution in [-0.4, -0.2) is 33.0 Å². The Labute approximate surface area is 144 Å². The van der Waals surface area contributed by atoms with E-state index in [4.69, 9.17) is 16.3 Å². The van der Waals surface area contributed by atoms with Crippen LogP contribution in [0.2, 0.25) is 5.02 Å². The summed E-state index contributed by atoms with van der Waals surface area (Å²) < 4.78 is 28.7. The summed E-state index contributed by atoms with van der Waals surface area (Å²) in [5, 5.41) is 0.544. The largest absolute Gasteiger partial charge is 0.484 e. The molecule has 1 amide bonds. The molecule has 0 aliphatic carbocycles. The van der Waals surface area contributed by atoms with E-state index in [1.807, 2.05) is 0 Å². The maximum absolute atomic E-state index is 12.3. The molecule has 1 N–H and O–H groups in total. The van der Waals surface area contributed by atoms with Gasteiger partial charge in [-0.05, 0) is 48.5 Å². The van der Waals surface area contributed by atoms with Crippen LogP contribution in [0, 0.1) is 0 Å². The Bertz CT molecular complexity index is 845. The molecule has 0 radical (unpaired) electrons. The summed E-state index contributed by atoms with van der Waals surface area (Å²) in [5.74, 6) is -0.613. The molecule has 0 aliphatic heterocycles. The number of amides is 1. The smallest absolute Gasteiger partial charge is 0.271 e. The standard InChI is InChI=1S/C16H14ClNO5S/c1-24(21,22)18-15(19)10-23-14-8-4-12(5-9-14)16(20)11-2-6-13(17)7-3-11/h2-9H,10H2,1H3,(H,18,19). The Morgan fingerprint density at radius 2 is 1.50 bits per heavy atom. The lowest BCUT2D eigenvalue weighted by atomic mass is 10.0. The van der Waals surface area contributed by atoms with E-state index in [9.17, 15) is 18.0 Å². The minimum absolute atomic E-state index is 0.173. The zero-order chi connectivity index (χ0) is 17.7. The Kier molecular flexibility index (Phi) is 5.58. The van der Waals surface area contributed by atoms with Crippen LogP contribution in [0.3, 0.4) is 0 Å². The van der Waals surface area contributed by atoms with Gasteiger partial charge in [0.25, 0.3) is 5.91 Å². The number of nitrogens with one attached hydrogen (secondary N) is 1. The minimum Gasteiger partial charge on any atom is -0.484 e. The van der Waals surface area contributed by atoms with Gasteiger partial charge in [0.1, 0.15) is 5.75 Å². The molecule has 0 saturated carbocycles. The van der Waals surface area contributed by atoms with Crippen molar-refractivity contribution in [3.05, 3.63) is 64.7 Å². The molecule has 0 aliphatic rings. The number of carbonyl (C=O) groups is 2. The first kappa shape index (κ1) is 18.0. The number of rotatable bonds is 6. The van der Waals surface area contributed by atoms with Crippen molar-refractivity contribution >= 4 is 33.3 Å². The molecule has 2 rings (SSSR count). The van der Waals surface area contributed by atoms with E-state index in [2.05, 4.69) is 0 Å². The van der Waals surface area contributed by atoms with Crippen LogP contribution >= 0.6 is 11.6 Å². The summed E-state index contributed by atoms with van der Waals surface area (Å²) in [6.07, 6.45) is 0.877. The quantitative estimate of drug-likeness (QED) is 0.789. The van der Waals surface area contributed by atoms with Crippen LogP contribution in [0.4, 0.5) is 0 Å². The summed E-state index contributed by atoms with van der Waals surface area (Å²) in [4.78, 5) is 23.6. The van der Waals surface area contributed by atoms with Crippen LogP contribution in [-0.2, 0) is 14.8 Å². The predicted octanol–water partition coefficient (Wildman–Crippen LogP) is 2.03. The van der Waals surface area contributed by atoms with E-state index in [0.29, 0.717) is 21.9 Å². The third-order valence-corrected chi connectivity index (χ3v) is 3.74. The number of carbonyl (C=O) groups excluding carboxylic acids is 2. The second-order valence-corrected chi connectivity index (χ2v) is 7.13. The Balaban J connectivity index is 1.99. The van der Waals surface area contributed by atoms with Gasteiger partial charge in [0, 0.05) is 16.1 Å². The van der Waals surface area contributed by atoms with Crippen molar-refractivity contribution in [3.8, 4) is 5.75 Å². The number of benzene rings is 2. The number of sulfonamides is 1. The van der Waals surface area contributed by atoms with Gasteiger partial charge >= 0.3 is 0 Å². The van der Waals surface area contributed by atoms with Crippen molar-refractivity contribution in [1.29, 1.82) is 0 Å². The molecule has 6 nitrogen and oxygen atoms in total. The molecule has 0 spiro atoms. The molecule has 24 heavy (non-hydrogen) atoms. The van der Waals surface area contributed by atoms with Crippen LogP contribution < -0.4 is 9.46 Å². The monoisotopic (exact) mass is 367 g/mol. The molecule has 0 fully saturated rings. The third kappa shape index (κ3) is 5.36. The fourth-order valence-corrected chi connectivity index (χ4v) is 2.45. The molecule has 0 aromatic heterocycles. The maximum Gasteiger partial charge on any atom is 0.271 e. The molecule has 0 atom stereocenters. The second-order valence-electron chi connectivity index (χ2n) is 4.95. The fourth-order valence-electron chi connectivity index (χ4n) is 1.86. The van der Waals surface area contributed by atoms with Crippen molar-refractivity contribution in [1.82, 2.24) is 4.72 Å². The first-order valence-electron chi connectivity index (χ1n) is 6.78. The highest BCUT2D eigenvalue weighted by atomic mass is 35.5. The van der Waals surface area contributed by atoms with Gasteiger partial charge in [0.2, 0.25) is 10.0 Å². The molecule has 0 saturated heterocycles. The molecule has 0 heterocycles. The Hall–Kier alpha value is -2.38. The number of ketones is 1. The van der Waals surface area contributed by atoms with Gasteiger partial charge in [-0.1, -0.05) is 11.6 Å². The third-order valence-electron chi connectivity index (χ3n) is 2.89. The minimum atomic E-state index is -3.61. The van der Waals surface area contributed by atoms with Crippen LogP contribution in [0.15, 0.2) is 48.5 Å². The van der Waals surface area contributed by atoms with Crippen molar-refractivity contribution in [3.63, 3.8) is 0 Å². The molecular weight excluding hydrogens is 354 g/mol. The first-order valence-corrected chi connectivity index (χ1v) is 9.05. The van der Waals surface area contributed by atoms with E-state index in [1.165, 1.54) is 12.1 Å². The average molecular weight is 368 g/mol. The predicted molar refractivity (Wildman–Crippen MR) is 89.8 cm³/mol. The van der Waals surface area contributed by atoms with Crippen molar-refractivity contribution in [2.24, 2.45) is 0 Å². The van der Waals surface area contributed by atoms with Crippen LogP contribution in [0.5, 0.6) is 5.75 Å². The van der Waals surface area contributed by atoms with E-state index in [-0.39, 0.29) is 5.78 Å². The molecular formula is C16H14ClNO5S. The highest BCUT2D eigenvalue weighted by molar-refractivity contribution is 7.89. The number of ether oxygens (including phenoxy) is 1. The van der Waals surface area contributed by atoms with E-state index < -0.39 is 22.5 Å². The summed E-state index contributed by atoms with van der Waals surface area (Å²) in [6, 6.07) is 12.7. The molecule has 0 unspecified atom stereocenters. The SMILES string of the molecule is CS(=O)(=O)NC(=O)COc1ccc(C(=O)c2ccc(Cl)cc2)cc1. The normalized spacial score (nSPS) is 10.9. The van der Waals surface area contributed by atoms with Crippen molar-refractivity contribution in [2.45, 2.75) is 0 Å². The summed E-state index contributed by atoms with van der Waals surface area (Å²) in [7, 11) is -3.61. The van der Waals surface area contributed by atoms with Crippen LogP contribution in [0.1, 0.15) is 15.9 Å². The van der Waals surface area contributed by atoms with Gasteiger partial charge in [0.05, 0.1) is 6.26 Å². The molecule has 2 aromatic carbocycles. The lowest BCUT2D eigenvalue weighted by Crippen LogP contribution is -2.33. The second kappa shape index (κ2) is 7.46. The van der Waals surface area contributed by atoms with Gasteiger partial charge in [0.15, 0.2) is 12.4 Å². The molecule has 8 heteroatoms. The van der Waals surface area contributed by atoms with Crippen molar-refractivity contribution < 1.29 is 22.7 Å². The van der Waals surface area contributed by atoms with Crippen LogP contribution in [0.25, 0.3) is 0 Å². The van der Waals surface area contributed by atoms with E-state index >= 15 is 0 Å². The van der Waals surface area contributed by atoms with E-state index in [0.717, 1.165) is 6.26 Å². The number of hydrogen-bond acceptors (Lipinski definition) is 5.